The normalized spacial score (nSPS) is 20.2. The second kappa shape index (κ2) is 4.64. The predicted octanol–water partition coefficient (Wildman–Crippen LogP) is 1.89. The highest BCUT2D eigenvalue weighted by atomic mass is 35.5. The van der Waals surface area contributed by atoms with Crippen LogP contribution in [0.4, 0.5) is 5.69 Å². The molecule has 1 fully saturated rings. The molecule has 1 aromatic carbocycles. The van der Waals surface area contributed by atoms with Crippen LogP contribution < -0.4 is 10.6 Å². The Morgan fingerprint density at radius 1 is 1.53 bits per heavy atom. The highest BCUT2D eigenvalue weighted by molar-refractivity contribution is 6.30. The van der Waals surface area contributed by atoms with Gasteiger partial charge in [-0.1, -0.05) is 17.7 Å². The van der Waals surface area contributed by atoms with E-state index in [2.05, 4.69) is 10.6 Å². The van der Waals surface area contributed by atoms with Crippen LogP contribution in [0.1, 0.15) is 6.42 Å². The van der Waals surface area contributed by atoms with Gasteiger partial charge in [0.15, 0.2) is 0 Å². The van der Waals surface area contributed by atoms with E-state index in [1.165, 1.54) is 0 Å². The van der Waals surface area contributed by atoms with Gasteiger partial charge in [-0.25, -0.2) is 0 Å². The molecule has 1 aromatic rings. The number of halogens is 1. The van der Waals surface area contributed by atoms with E-state index in [4.69, 9.17) is 11.6 Å². The molecule has 15 heavy (non-hydrogen) atoms. The van der Waals surface area contributed by atoms with Crippen LogP contribution in [0.2, 0.25) is 5.02 Å². The number of anilines is 1. The second-order valence-electron chi connectivity index (χ2n) is 3.69. The first-order valence-electron chi connectivity index (χ1n) is 5.03. The van der Waals surface area contributed by atoms with Crippen LogP contribution in [0.25, 0.3) is 0 Å². The molecule has 0 radical (unpaired) electrons. The molecule has 2 rings (SSSR count). The molecule has 0 bridgehead atoms. The average molecular weight is 225 g/mol. The Balaban J connectivity index is 1.99. The summed E-state index contributed by atoms with van der Waals surface area (Å²) in [4.78, 5) is 11.7. The van der Waals surface area contributed by atoms with E-state index < -0.39 is 0 Å². The summed E-state index contributed by atoms with van der Waals surface area (Å²) < 4.78 is 0. The van der Waals surface area contributed by atoms with Crippen LogP contribution in [-0.4, -0.2) is 19.0 Å². The quantitative estimate of drug-likeness (QED) is 0.806. The molecule has 0 saturated carbocycles. The second-order valence-corrected chi connectivity index (χ2v) is 4.13. The molecule has 1 atom stereocenters. The lowest BCUT2D eigenvalue weighted by Crippen LogP contribution is -2.24. The van der Waals surface area contributed by atoms with Gasteiger partial charge in [0, 0.05) is 17.3 Å². The summed E-state index contributed by atoms with van der Waals surface area (Å²) in [7, 11) is 0. The van der Waals surface area contributed by atoms with Crippen LogP contribution in [0.5, 0.6) is 0 Å². The van der Waals surface area contributed by atoms with Crippen molar-refractivity contribution >= 4 is 23.2 Å². The van der Waals surface area contributed by atoms with E-state index in [-0.39, 0.29) is 11.8 Å². The summed E-state index contributed by atoms with van der Waals surface area (Å²) in [6, 6.07) is 7.20. The summed E-state index contributed by atoms with van der Waals surface area (Å²) in [5.41, 5.74) is 0.763. The third-order valence-electron chi connectivity index (χ3n) is 2.52. The van der Waals surface area contributed by atoms with E-state index >= 15 is 0 Å². The number of nitrogens with one attached hydrogen (secondary N) is 2. The molecule has 3 nitrogen and oxygen atoms in total. The molecule has 2 N–H and O–H groups in total. The van der Waals surface area contributed by atoms with Gasteiger partial charge in [-0.15, -0.1) is 0 Å². The number of benzene rings is 1. The summed E-state index contributed by atoms with van der Waals surface area (Å²) in [5.74, 6) is 0.159. The Morgan fingerprint density at radius 3 is 3.07 bits per heavy atom. The van der Waals surface area contributed by atoms with E-state index in [0.29, 0.717) is 5.02 Å². The molecule has 1 amide bonds. The molecule has 1 heterocycles. The lowest BCUT2D eigenvalue weighted by atomic mass is 10.1. The van der Waals surface area contributed by atoms with Crippen molar-refractivity contribution in [3.05, 3.63) is 29.3 Å². The van der Waals surface area contributed by atoms with E-state index in [0.717, 1.165) is 25.2 Å². The van der Waals surface area contributed by atoms with Crippen molar-refractivity contribution in [1.82, 2.24) is 5.32 Å². The fraction of sp³-hybridized carbons (Fsp3) is 0.364. The maximum absolute atomic E-state index is 11.7. The number of rotatable bonds is 2. The van der Waals surface area contributed by atoms with Gasteiger partial charge >= 0.3 is 0 Å². The van der Waals surface area contributed by atoms with Gasteiger partial charge in [-0.2, -0.15) is 0 Å². The molecule has 0 aromatic heterocycles. The molecular formula is C11H13ClN2O. The van der Waals surface area contributed by atoms with Crippen LogP contribution in [0, 0.1) is 5.92 Å². The van der Waals surface area contributed by atoms with Gasteiger partial charge in [0.25, 0.3) is 0 Å². The number of hydrogen-bond donors (Lipinski definition) is 2. The van der Waals surface area contributed by atoms with Crippen LogP contribution in [-0.2, 0) is 4.79 Å². The van der Waals surface area contributed by atoms with Crippen LogP contribution >= 0.6 is 11.6 Å². The van der Waals surface area contributed by atoms with Gasteiger partial charge in [-0.05, 0) is 31.2 Å². The van der Waals surface area contributed by atoms with E-state index in [1.807, 2.05) is 12.1 Å². The number of carbonyl (C=O) groups excluding carboxylic acids is 1. The molecular weight excluding hydrogens is 212 g/mol. The molecule has 0 spiro atoms. The number of carbonyl (C=O) groups is 1. The minimum absolute atomic E-state index is 0.0715. The molecule has 1 saturated heterocycles. The van der Waals surface area contributed by atoms with Gasteiger partial charge in [0.2, 0.25) is 5.91 Å². The third-order valence-corrected chi connectivity index (χ3v) is 2.76. The van der Waals surface area contributed by atoms with Crippen molar-refractivity contribution in [3.63, 3.8) is 0 Å². The number of amides is 1. The van der Waals surface area contributed by atoms with Gasteiger partial charge in [0.1, 0.15) is 0 Å². The van der Waals surface area contributed by atoms with Crippen molar-refractivity contribution in [2.45, 2.75) is 6.42 Å². The summed E-state index contributed by atoms with van der Waals surface area (Å²) >= 11 is 5.82. The Labute approximate surface area is 93.8 Å². The van der Waals surface area contributed by atoms with Gasteiger partial charge < -0.3 is 10.6 Å². The van der Waals surface area contributed by atoms with Crippen molar-refractivity contribution in [2.24, 2.45) is 5.92 Å². The Hall–Kier alpha value is -1.06. The van der Waals surface area contributed by atoms with Gasteiger partial charge in [-0.3, -0.25) is 4.79 Å². The summed E-state index contributed by atoms with van der Waals surface area (Å²) in [6.07, 6.45) is 0.909. The van der Waals surface area contributed by atoms with Crippen molar-refractivity contribution in [1.29, 1.82) is 0 Å². The Morgan fingerprint density at radius 2 is 2.40 bits per heavy atom. The fourth-order valence-corrected chi connectivity index (χ4v) is 1.88. The first-order valence-corrected chi connectivity index (χ1v) is 5.40. The third kappa shape index (κ3) is 2.70. The summed E-state index contributed by atoms with van der Waals surface area (Å²) in [5, 5.41) is 6.66. The maximum atomic E-state index is 11.7. The van der Waals surface area contributed by atoms with Crippen molar-refractivity contribution in [3.8, 4) is 0 Å². The molecule has 80 valence electrons. The van der Waals surface area contributed by atoms with Crippen molar-refractivity contribution in [2.75, 3.05) is 18.4 Å². The zero-order chi connectivity index (χ0) is 10.7. The lowest BCUT2D eigenvalue weighted by Gasteiger charge is -2.09. The van der Waals surface area contributed by atoms with Crippen LogP contribution in [0.3, 0.4) is 0 Å². The smallest absolute Gasteiger partial charge is 0.228 e. The van der Waals surface area contributed by atoms with Crippen molar-refractivity contribution < 1.29 is 4.79 Å². The maximum Gasteiger partial charge on any atom is 0.228 e. The van der Waals surface area contributed by atoms with E-state index in [9.17, 15) is 4.79 Å². The fourth-order valence-electron chi connectivity index (χ4n) is 1.69. The zero-order valence-corrected chi connectivity index (χ0v) is 9.05. The first-order chi connectivity index (χ1) is 7.25. The Bertz CT molecular complexity index is 361. The molecule has 0 unspecified atom stereocenters. The molecule has 1 aliphatic heterocycles. The largest absolute Gasteiger partial charge is 0.326 e. The minimum atomic E-state index is 0.0715. The first kappa shape index (κ1) is 10.5. The predicted molar refractivity (Wildman–Crippen MR) is 61.1 cm³/mol. The Kier molecular flexibility index (Phi) is 3.23. The van der Waals surface area contributed by atoms with Crippen LogP contribution in [0.15, 0.2) is 24.3 Å². The number of hydrogen-bond acceptors (Lipinski definition) is 2. The minimum Gasteiger partial charge on any atom is -0.326 e. The topological polar surface area (TPSA) is 41.1 Å². The lowest BCUT2D eigenvalue weighted by molar-refractivity contribution is -0.119. The molecule has 0 aliphatic carbocycles. The standard InChI is InChI=1S/C11H13ClN2O/c12-9-2-1-3-10(6-9)14-11(15)8-4-5-13-7-8/h1-3,6,8,13H,4-5,7H2,(H,14,15)/t8-/m1/s1. The SMILES string of the molecule is O=C(Nc1cccc(Cl)c1)[C@@H]1CCNC1. The molecule has 4 heteroatoms. The monoisotopic (exact) mass is 224 g/mol. The zero-order valence-electron chi connectivity index (χ0n) is 8.29. The molecule has 1 aliphatic rings. The van der Waals surface area contributed by atoms with E-state index in [1.54, 1.807) is 12.1 Å². The highest BCUT2D eigenvalue weighted by Crippen LogP contribution is 2.17. The highest BCUT2D eigenvalue weighted by Gasteiger charge is 2.22. The average Bonchev–Trinajstić information content (AvgIpc) is 2.70. The van der Waals surface area contributed by atoms with Gasteiger partial charge in [0.05, 0.1) is 5.92 Å². The summed E-state index contributed by atoms with van der Waals surface area (Å²) in [6.45, 7) is 1.69.